The summed E-state index contributed by atoms with van der Waals surface area (Å²) in [6.45, 7) is 3.99. The minimum atomic E-state index is -0.228. The summed E-state index contributed by atoms with van der Waals surface area (Å²) in [7, 11) is 0. The van der Waals surface area contributed by atoms with Crippen LogP contribution in [0.25, 0.3) is 0 Å². The molecule has 4 heteroatoms. The molecule has 4 atom stereocenters. The van der Waals surface area contributed by atoms with Crippen molar-refractivity contribution in [3.8, 4) is 0 Å². The van der Waals surface area contributed by atoms with Crippen molar-refractivity contribution in [2.45, 2.75) is 83.3 Å². The van der Waals surface area contributed by atoms with Crippen molar-refractivity contribution in [2.75, 3.05) is 6.61 Å². The second-order valence-electron chi connectivity index (χ2n) is 8.94. The highest BCUT2D eigenvalue weighted by atomic mass is 16.7. The molecule has 1 unspecified atom stereocenters. The van der Waals surface area contributed by atoms with Gasteiger partial charge in [-0.15, -0.1) is 0 Å². The average molecular weight is 425 g/mol. The fourth-order valence-electron chi connectivity index (χ4n) is 4.65. The van der Waals surface area contributed by atoms with E-state index in [1.807, 2.05) is 36.4 Å². The minimum absolute atomic E-state index is 0.0657. The van der Waals surface area contributed by atoms with Gasteiger partial charge in [0.1, 0.15) is 6.10 Å². The van der Waals surface area contributed by atoms with Gasteiger partial charge in [0, 0.05) is 6.42 Å². The van der Waals surface area contributed by atoms with Crippen molar-refractivity contribution in [1.29, 1.82) is 0 Å². The molecule has 1 aliphatic heterocycles. The second kappa shape index (κ2) is 11.8. The Labute approximate surface area is 186 Å². The van der Waals surface area contributed by atoms with Crippen molar-refractivity contribution < 1.29 is 18.9 Å². The molecule has 2 aromatic carbocycles. The van der Waals surface area contributed by atoms with Crippen LogP contribution in [0, 0.1) is 5.92 Å². The Morgan fingerprint density at radius 3 is 2.03 bits per heavy atom. The van der Waals surface area contributed by atoms with Crippen molar-refractivity contribution in [3.05, 3.63) is 71.8 Å². The summed E-state index contributed by atoms with van der Waals surface area (Å²) >= 11 is 0. The molecule has 1 aliphatic carbocycles. The molecule has 0 aromatic heterocycles. The van der Waals surface area contributed by atoms with E-state index in [9.17, 15) is 0 Å². The third-order valence-electron chi connectivity index (χ3n) is 6.46. The standard InChI is InChI=1S/C27H36O4/c1-21-27(30-20-24-15-9-4-10-16-24)25(28-18-22-11-5-2-6-12-22)17-26(31-21)29-19-23-13-7-3-8-14-23/h2,4-6,9-12,15-16,21,23,25-27H,3,7-8,13-14,17-20H2,1H3/t21-,25-,26?,27-/m1/s1. The predicted molar refractivity (Wildman–Crippen MR) is 122 cm³/mol. The number of rotatable bonds is 9. The second-order valence-corrected chi connectivity index (χ2v) is 8.94. The van der Waals surface area contributed by atoms with Gasteiger partial charge in [0.05, 0.1) is 32.0 Å². The number of benzene rings is 2. The number of ether oxygens (including phenoxy) is 4. The van der Waals surface area contributed by atoms with Gasteiger partial charge in [-0.2, -0.15) is 0 Å². The molecule has 1 saturated heterocycles. The summed E-state index contributed by atoms with van der Waals surface area (Å²) < 4.78 is 25.2. The molecule has 1 heterocycles. The van der Waals surface area contributed by atoms with E-state index in [0.29, 0.717) is 25.6 Å². The normalized spacial score (nSPS) is 27.3. The fraction of sp³-hybridized carbons (Fsp3) is 0.556. The molecule has 4 nitrogen and oxygen atoms in total. The maximum Gasteiger partial charge on any atom is 0.160 e. The predicted octanol–water partition coefficient (Wildman–Crippen LogP) is 5.89. The van der Waals surface area contributed by atoms with E-state index in [0.717, 1.165) is 12.2 Å². The number of hydrogen-bond donors (Lipinski definition) is 0. The quantitative estimate of drug-likeness (QED) is 0.503. The first-order chi connectivity index (χ1) is 15.3. The van der Waals surface area contributed by atoms with Gasteiger partial charge in [-0.1, -0.05) is 79.9 Å². The monoisotopic (exact) mass is 424 g/mol. The lowest BCUT2D eigenvalue weighted by Crippen LogP contribution is -2.50. The van der Waals surface area contributed by atoms with Crippen molar-refractivity contribution in [1.82, 2.24) is 0 Å². The summed E-state index contributed by atoms with van der Waals surface area (Å²) in [4.78, 5) is 0. The van der Waals surface area contributed by atoms with E-state index in [2.05, 4.69) is 31.2 Å². The topological polar surface area (TPSA) is 36.9 Å². The van der Waals surface area contributed by atoms with Crippen LogP contribution in [0.3, 0.4) is 0 Å². The zero-order chi connectivity index (χ0) is 21.3. The van der Waals surface area contributed by atoms with Crippen LogP contribution >= 0.6 is 0 Å². The van der Waals surface area contributed by atoms with E-state index in [4.69, 9.17) is 18.9 Å². The van der Waals surface area contributed by atoms with Gasteiger partial charge >= 0.3 is 0 Å². The van der Waals surface area contributed by atoms with Gasteiger partial charge in [0.15, 0.2) is 6.29 Å². The summed E-state index contributed by atoms with van der Waals surface area (Å²) in [5.41, 5.74) is 2.33. The Morgan fingerprint density at radius 2 is 1.39 bits per heavy atom. The van der Waals surface area contributed by atoms with Gasteiger partial charge in [-0.3, -0.25) is 0 Å². The third-order valence-corrected chi connectivity index (χ3v) is 6.46. The van der Waals surface area contributed by atoms with Gasteiger partial charge in [0.25, 0.3) is 0 Å². The largest absolute Gasteiger partial charge is 0.371 e. The summed E-state index contributed by atoms with van der Waals surface area (Å²) in [6.07, 6.45) is 6.76. The van der Waals surface area contributed by atoms with Crippen LogP contribution < -0.4 is 0 Å². The first-order valence-corrected chi connectivity index (χ1v) is 11.9. The Kier molecular flexibility index (Phi) is 8.53. The Balaban J connectivity index is 1.36. The SMILES string of the molecule is C[C@H]1OC(OCC2CCCCC2)C[C@@H](OCc2ccccc2)[C@@H]1OCc1ccccc1. The molecule has 0 amide bonds. The zero-order valence-electron chi connectivity index (χ0n) is 18.7. The molecule has 2 aromatic rings. The van der Waals surface area contributed by atoms with E-state index >= 15 is 0 Å². The molecule has 0 radical (unpaired) electrons. The lowest BCUT2D eigenvalue weighted by molar-refractivity contribution is -0.268. The van der Waals surface area contributed by atoms with E-state index in [-0.39, 0.29) is 24.6 Å². The highest BCUT2D eigenvalue weighted by Gasteiger charge is 2.39. The van der Waals surface area contributed by atoms with E-state index in [1.54, 1.807) is 0 Å². The number of hydrogen-bond acceptors (Lipinski definition) is 4. The smallest absolute Gasteiger partial charge is 0.160 e. The Morgan fingerprint density at radius 1 is 0.774 bits per heavy atom. The first-order valence-electron chi connectivity index (χ1n) is 11.9. The van der Waals surface area contributed by atoms with Crippen LogP contribution in [-0.2, 0) is 32.2 Å². The highest BCUT2D eigenvalue weighted by molar-refractivity contribution is 5.14. The van der Waals surface area contributed by atoms with Crippen molar-refractivity contribution in [2.24, 2.45) is 5.92 Å². The molecule has 0 bridgehead atoms. The molecule has 2 aliphatic rings. The Hall–Kier alpha value is -1.72. The van der Waals surface area contributed by atoms with Crippen molar-refractivity contribution in [3.63, 3.8) is 0 Å². The minimum Gasteiger partial charge on any atom is -0.371 e. The summed E-state index contributed by atoms with van der Waals surface area (Å²) in [6, 6.07) is 20.6. The zero-order valence-corrected chi connectivity index (χ0v) is 18.7. The molecule has 168 valence electrons. The van der Waals surface area contributed by atoms with Crippen LogP contribution in [0.5, 0.6) is 0 Å². The first kappa shape index (κ1) is 22.5. The van der Waals surface area contributed by atoms with Crippen LogP contribution in [-0.4, -0.2) is 31.2 Å². The molecule has 1 saturated carbocycles. The molecule has 2 fully saturated rings. The van der Waals surface area contributed by atoms with Crippen LogP contribution in [0.2, 0.25) is 0 Å². The van der Waals surface area contributed by atoms with Crippen LogP contribution in [0.4, 0.5) is 0 Å². The fourth-order valence-corrected chi connectivity index (χ4v) is 4.65. The van der Waals surface area contributed by atoms with Gasteiger partial charge < -0.3 is 18.9 Å². The van der Waals surface area contributed by atoms with Crippen LogP contribution in [0.15, 0.2) is 60.7 Å². The third kappa shape index (κ3) is 6.88. The molecule has 4 rings (SSSR count). The molecule has 0 spiro atoms. The molecular formula is C27H36O4. The maximum absolute atomic E-state index is 6.38. The molecule has 31 heavy (non-hydrogen) atoms. The Bertz CT molecular complexity index is 744. The lowest BCUT2D eigenvalue weighted by Gasteiger charge is -2.40. The van der Waals surface area contributed by atoms with Crippen molar-refractivity contribution >= 4 is 0 Å². The molecule has 0 N–H and O–H groups in total. The highest BCUT2D eigenvalue weighted by Crippen LogP contribution is 2.29. The summed E-state index contributed by atoms with van der Waals surface area (Å²) in [5, 5.41) is 0. The maximum atomic E-state index is 6.38. The van der Waals surface area contributed by atoms with Crippen LogP contribution in [0.1, 0.15) is 56.6 Å². The van der Waals surface area contributed by atoms with Gasteiger partial charge in [-0.25, -0.2) is 0 Å². The van der Waals surface area contributed by atoms with Gasteiger partial charge in [-0.05, 0) is 36.8 Å². The lowest BCUT2D eigenvalue weighted by atomic mass is 9.90. The summed E-state index contributed by atoms with van der Waals surface area (Å²) in [5.74, 6) is 0.670. The average Bonchev–Trinajstić information content (AvgIpc) is 2.82. The van der Waals surface area contributed by atoms with Gasteiger partial charge in [0.2, 0.25) is 0 Å². The van der Waals surface area contributed by atoms with E-state index in [1.165, 1.54) is 37.7 Å². The molecular weight excluding hydrogens is 388 g/mol. The van der Waals surface area contributed by atoms with E-state index < -0.39 is 0 Å².